The van der Waals surface area contributed by atoms with Crippen LogP contribution in [-0.4, -0.2) is 40.1 Å². The summed E-state index contributed by atoms with van der Waals surface area (Å²) in [4.78, 5) is 33.5. The number of methoxy groups -OCH3 is 1. The predicted octanol–water partition coefficient (Wildman–Crippen LogP) is 4.74. The van der Waals surface area contributed by atoms with Gasteiger partial charge in [0.15, 0.2) is 16.7 Å². The van der Waals surface area contributed by atoms with Gasteiger partial charge in [0.05, 0.1) is 18.6 Å². The van der Waals surface area contributed by atoms with Crippen molar-refractivity contribution in [2.24, 2.45) is 0 Å². The number of rotatable bonds is 9. The fourth-order valence-electron chi connectivity index (χ4n) is 2.49. The van der Waals surface area contributed by atoms with Crippen molar-refractivity contribution in [3.05, 3.63) is 77.5 Å². The quantitative estimate of drug-likeness (QED) is 0.213. The molecule has 5 nitrogen and oxygen atoms in total. The van der Waals surface area contributed by atoms with Crippen LogP contribution in [0.25, 0.3) is 0 Å². The SMILES string of the molecule is COc1ccc(C(=O)CSc2cc(C)nc(SCC(=O)c3ccccc3)n2)cc1. The molecule has 29 heavy (non-hydrogen) atoms. The lowest BCUT2D eigenvalue weighted by atomic mass is 10.1. The van der Waals surface area contributed by atoms with E-state index in [4.69, 9.17) is 4.74 Å². The molecule has 0 bridgehead atoms. The van der Waals surface area contributed by atoms with Crippen LogP contribution in [0, 0.1) is 6.92 Å². The molecular weight excluding hydrogens is 404 g/mol. The molecule has 1 aromatic heterocycles. The van der Waals surface area contributed by atoms with E-state index in [1.54, 1.807) is 43.5 Å². The summed E-state index contributed by atoms with van der Waals surface area (Å²) < 4.78 is 5.11. The van der Waals surface area contributed by atoms with Gasteiger partial charge in [-0.2, -0.15) is 0 Å². The van der Waals surface area contributed by atoms with Crippen molar-refractivity contribution < 1.29 is 14.3 Å². The first-order chi connectivity index (χ1) is 14.0. The molecule has 3 rings (SSSR count). The Labute approximate surface area is 178 Å². The number of thioether (sulfide) groups is 2. The van der Waals surface area contributed by atoms with Crippen molar-refractivity contribution >= 4 is 35.1 Å². The van der Waals surface area contributed by atoms with E-state index in [0.29, 0.717) is 27.1 Å². The molecule has 0 N–H and O–H groups in total. The van der Waals surface area contributed by atoms with Gasteiger partial charge in [-0.05, 0) is 37.3 Å². The molecule has 1 heterocycles. The molecule has 0 amide bonds. The lowest BCUT2D eigenvalue weighted by Gasteiger charge is -2.06. The van der Waals surface area contributed by atoms with Crippen LogP contribution in [0.3, 0.4) is 0 Å². The van der Waals surface area contributed by atoms with E-state index in [-0.39, 0.29) is 23.1 Å². The third-order valence-electron chi connectivity index (χ3n) is 4.00. The highest BCUT2D eigenvalue weighted by Crippen LogP contribution is 2.23. The molecule has 3 aromatic rings. The molecule has 0 saturated heterocycles. The number of carbonyl (C=O) groups is 2. The lowest BCUT2D eigenvalue weighted by molar-refractivity contribution is 0.101. The smallest absolute Gasteiger partial charge is 0.189 e. The summed E-state index contributed by atoms with van der Waals surface area (Å²) in [7, 11) is 1.59. The first kappa shape index (κ1) is 21.1. The number of benzene rings is 2. The van der Waals surface area contributed by atoms with Gasteiger partial charge in [-0.25, -0.2) is 9.97 Å². The molecule has 0 fully saturated rings. The minimum absolute atomic E-state index is 0.0161. The van der Waals surface area contributed by atoms with Crippen molar-refractivity contribution in [2.45, 2.75) is 17.1 Å². The highest BCUT2D eigenvalue weighted by Gasteiger charge is 2.11. The maximum absolute atomic E-state index is 12.4. The van der Waals surface area contributed by atoms with Gasteiger partial charge in [-0.1, -0.05) is 53.9 Å². The molecule has 0 radical (unpaired) electrons. The highest BCUT2D eigenvalue weighted by atomic mass is 32.2. The maximum atomic E-state index is 12.4. The molecule has 0 atom stereocenters. The predicted molar refractivity (Wildman–Crippen MR) is 116 cm³/mol. The summed E-state index contributed by atoms with van der Waals surface area (Å²) >= 11 is 2.66. The molecule has 0 aliphatic carbocycles. The monoisotopic (exact) mass is 424 g/mol. The Morgan fingerprint density at radius 1 is 0.862 bits per heavy atom. The highest BCUT2D eigenvalue weighted by molar-refractivity contribution is 8.00. The second kappa shape index (κ2) is 10.2. The molecule has 0 spiro atoms. The summed E-state index contributed by atoms with van der Waals surface area (Å²) in [6.07, 6.45) is 0. The number of ether oxygens (including phenoxy) is 1. The molecule has 0 aliphatic heterocycles. The number of carbonyl (C=O) groups excluding carboxylic acids is 2. The van der Waals surface area contributed by atoms with Crippen LogP contribution in [0.1, 0.15) is 26.4 Å². The second-order valence-corrected chi connectivity index (χ2v) is 8.09. The first-order valence-corrected chi connectivity index (χ1v) is 10.9. The van der Waals surface area contributed by atoms with Crippen LogP contribution in [0.15, 0.2) is 70.8 Å². The van der Waals surface area contributed by atoms with E-state index in [0.717, 1.165) is 5.69 Å². The van der Waals surface area contributed by atoms with Crippen LogP contribution in [-0.2, 0) is 0 Å². The summed E-state index contributed by atoms with van der Waals surface area (Å²) in [5, 5.41) is 1.25. The van der Waals surface area contributed by atoms with Crippen molar-refractivity contribution in [3.63, 3.8) is 0 Å². The Bertz CT molecular complexity index is 993. The molecular formula is C22H20N2O3S2. The largest absolute Gasteiger partial charge is 0.497 e. The number of Topliss-reactive ketones (excluding diaryl/α,β-unsaturated/α-hetero) is 2. The third kappa shape index (κ3) is 6.17. The average Bonchev–Trinajstić information content (AvgIpc) is 2.76. The fourth-order valence-corrected chi connectivity index (χ4v) is 4.20. The zero-order valence-electron chi connectivity index (χ0n) is 16.1. The first-order valence-electron chi connectivity index (χ1n) is 8.92. The Morgan fingerprint density at radius 2 is 1.48 bits per heavy atom. The van der Waals surface area contributed by atoms with E-state index in [1.807, 2.05) is 31.2 Å². The minimum Gasteiger partial charge on any atom is -0.497 e. The Hall–Kier alpha value is -2.64. The maximum Gasteiger partial charge on any atom is 0.189 e. The lowest BCUT2D eigenvalue weighted by Crippen LogP contribution is -2.04. The van der Waals surface area contributed by atoms with Gasteiger partial charge < -0.3 is 4.74 Å². The summed E-state index contributed by atoms with van der Waals surface area (Å²) in [6, 6.07) is 18.0. The number of aromatic nitrogens is 2. The summed E-state index contributed by atoms with van der Waals surface area (Å²) in [5.74, 6) is 1.30. The zero-order chi connectivity index (χ0) is 20.6. The average molecular weight is 425 g/mol. The van der Waals surface area contributed by atoms with Gasteiger partial charge in [0.1, 0.15) is 10.8 Å². The van der Waals surface area contributed by atoms with Crippen LogP contribution >= 0.6 is 23.5 Å². The van der Waals surface area contributed by atoms with Gasteiger partial charge in [0.25, 0.3) is 0 Å². The summed E-state index contributed by atoms with van der Waals surface area (Å²) in [5.41, 5.74) is 2.11. The van der Waals surface area contributed by atoms with Gasteiger partial charge in [0.2, 0.25) is 0 Å². The second-order valence-electron chi connectivity index (χ2n) is 6.15. The van der Waals surface area contributed by atoms with E-state index >= 15 is 0 Å². The van der Waals surface area contributed by atoms with E-state index < -0.39 is 0 Å². The van der Waals surface area contributed by atoms with Gasteiger partial charge in [-0.15, -0.1) is 0 Å². The van der Waals surface area contributed by atoms with Gasteiger partial charge >= 0.3 is 0 Å². The van der Waals surface area contributed by atoms with E-state index in [1.165, 1.54) is 23.5 Å². The Morgan fingerprint density at radius 3 is 2.14 bits per heavy atom. The normalized spacial score (nSPS) is 10.6. The topological polar surface area (TPSA) is 69.2 Å². The molecule has 0 saturated carbocycles. The third-order valence-corrected chi connectivity index (χ3v) is 5.76. The standard InChI is InChI=1S/C22H20N2O3S2/c1-15-12-21(28-13-19(25)17-8-10-18(27-2)11-9-17)24-22(23-15)29-14-20(26)16-6-4-3-5-7-16/h3-12H,13-14H2,1-2H3. The van der Waals surface area contributed by atoms with Crippen molar-refractivity contribution in [3.8, 4) is 5.75 Å². The molecule has 148 valence electrons. The van der Waals surface area contributed by atoms with Crippen molar-refractivity contribution in [1.29, 1.82) is 0 Å². The number of nitrogens with zero attached hydrogens (tertiary/aromatic N) is 2. The van der Waals surface area contributed by atoms with Crippen LogP contribution in [0.5, 0.6) is 5.75 Å². The molecule has 0 aliphatic rings. The number of hydrogen-bond acceptors (Lipinski definition) is 7. The van der Waals surface area contributed by atoms with Gasteiger partial charge in [-0.3, -0.25) is 9.59 Å². The van der Waals surface area contributed by atoms with E-state index in [9.17, 15) is 9.59 Å². The van der Waals surface area contributed by atoms with Crippen LogP contribution in [0.4, 0.5) is 0 Å². The molecule has 0 unspecified atom stereocenters. The van der Waals surface area contributed by atoms with E-state index in [2.05, 4.69) is 9.97 Å². The molecule has 7 heteroatoms. The van der Waals surface area contributed by atoms with Crippen LogP contribution < -0.4 is 4.74 Å². The Kier molecular flexibility index (Phi) is 7.43. The zero-order valence-corrected chi connectivity index (χ0v) is 17.8. The fraction of sp³-hybridized carbons (Fsp3) is 0.182. The molecule has 2 aromatic carbocycles. The number of hydrogen-bond donors (Lipinski definition) is 0. The van der Waals surface area contributed by atoms with Crippen molar-refractivity contribution in [2.75, 3.05) is 18.6 Å². The van der Waals surface area contributed by atoms with Crippen molar-refractivity contribution in [1.82, 2.24) is 9.97 Å². The van der Waals surface area contributed by atoms with Gasteiger partial charge in [0, 0.05) is 16.8 Å². The number of aryl methyl sites for hydroxylation is 1. The minimum atomic E-state index is 0.0161. The summed E-state index contributed by atoms with van der Waals surface area (Å²) in [6.45, 7) is 1.88. The van der Waals surface area contributed by atoms with Crippen LogP contribution in [0.2, 0.25) is 0 Å². The Balaban J connectivity index is 1.59. The number of ketones is 2.